The van der Waals surface area contributed by atoms with Crippen LogP contribution in [0.4, 0.5) is 0 Å². The number of amides is 1. The summed E-state index contributed by atoms with van der Waals surface area (Å²) in [7, 11) is 0. The number of carbonyl (C=O) groups excluding carboxylic acids is 2. The molecule has 2 fully saturated rings. The minimum absolute atomic E-state index is 0.227. The van der Waals surface area contributed by atoms with Crippen molar-refractivity contribution in [1.29, 1.82) is 0 Å². The molecular weight excluding hydrogens is 600 g/mol. The van der Waals surface area contributed by atoms with Crippen LogP contribution in [-0.2, 0) is 29.3 Å². The molecule has 0 bridgehead atoms. The standard InChI is InChI=1S/C37H42N2O6S/c1-36(2,3)45-35(42)33(41)39-32(40)31(34(39)46-26-16-15-25-44-30-23-13-14-24-43-30)38-37(27-17-7-4-8-18-27,28-19-9-5-10-20-28)29-21-11-6-12-22-29/h4-12,17-22,30-31,33-34,38,41H,13-14,23-26H2,1-3H3. The Bertz CT molecular complexity index is 1400. The number of nitrogens with zero attached hydrogens (tertiary/aromatic N) is 1. The zero-order chi connectivity index (χ0) is 32.6. The molecule has 0 aromatic heterocycles. The second kappa shape index (κ2) is 15.3. The Morgan fingerprint density at radius 3 is 2.02 bits per heavy atom. The molecule has 2 aliphatic rings. The van der Waals surface area contributed by atoms with Gasteiger partial charge in [-0.2, -0.15) is 0 Å². The van der Waals surface area contributed by atoms with Crippen molar-refractivity contribution in [1.82, 2.24) is 10.2 Å². The highest BCUT2D eigenvalue weighted by molar-refractivity contribution is 8.00. The topological polar surface area (TPSA) is 97.3 Å². The van der Waals surface area contributed by atoms with Crippen LogP contribution in [0.2, 0.25) is 0 Å². The maximum absolute atomic E-state index is 14.0. The van der Waals surface area contributed by atoms with Crippen molar-refractivity contribution in [2.75, 3.05) is 19.0 Å². The first-order chi connectivity index (χ1) is 22.2. The van der Waals surface area contributed by atoms with E-state index in [1.54, 1.807) is 20.8 Å². The lowest BCUT2D eigenvalue weighted by Crippen LogP contribution is -2.75. The maximum atomic E-state index is 14.0. The molecular formula is C37H42N2O6S. The summed E-state index contributed by atoms with van der Waals surface area (Å²) in [6.45, 7) is 6.09. The number of thioether (sulfide) groups is 1. The lowest BCUT2D eigenvalue weighted by atomic mass is 9.76. The molecule has 0 saturated carbocycles. The van der Waals surface area contributed by atoms with Gasteiger partial charge in [-0.1, -0.05) is 103 Å². The van der Waals surface area contributed by atoms with E-state index in [4.69, 9.17) is 14.2 Å². The first-order valence-corrected chi connectivity index (χ1v) is 16.7. The number of benzene rings is 3. The van der Waals surface area contributed by atoms with Gasteiger partial charge in [-0.15, -0.1) is 11.8 Å². The minimum Gasteiger partial charge on any atom is -0.457 e. The zero-order valence-electron chi connectivity index (χ0n) is 26.6. The third kappa shape index (κ3) is 7.83. The molecule has 46 heavy (non-hydrogen) atoms. The summed E-state index contributed by atoms with van der Waals surface area (Å²) in [6, 6.07) is 29.2. The summed E-state index contributed by atoms with van der Waals surface area (Å²) in [4.78, 5) is 28.1. The van der Waals surface area contributed by atoms with Gasteiger partial charge in [-0.25, -0.2) is 4.79 Å². The SMILES string of the molecule is CC(C)(C)OC(=O)C(O)N1C(=O)C(NC(c2ccccc2)(c2ccccc2)c2ccccc2)C1SCC#CCOC1CCCCO1. The van der Waals surface area contributed by atoms with E-state index >= 15 is 0 Å². The van der Waals surface area contributed by atoms with Crippen LogP contribution in [0, 0.1) is 11.8 Å². The molecule has 8 nitrogen and oxygen atoms in total. The van der Waals surface area contributed by atoms with Crippen LogP contribution in [0.1, 0.15) is 56.7 Å². The van der Waals surface area contributed by atoms with Gasteiger partial charge < -0.3 is 19.3 Å². The van der Waals surface area contributed by atoms with Crippen LogP contribution in [0.15, 0.2) is 91.0 Å². The Morgan fingerprint density at radius 2 is 1.52 bits per heavy atom. The molecule has 242 valence electrons. The number of carbonyl (C=O) groups is 2. The molecule has 4 atom stereocenters. The van der Waals surface area contributed by atoms with E-state index in [0.717, 1.165) is 36.0 Å². The fourth-order valence-electron chi connectivity index (χ4n) is 5.78. The van der Waals surface area contributed by atoms with E-state index < -0.39 is 40.7 Å². The minimum atomic E-state index is -1.76. The van der Waals surface area contributed by atoms with Gasteiger partial charge in [0.1, 0.15) is 23.6 Å². The fraction of sp³-hybridized carbons (Fsp3) is 0.405. The second-order valence-electron chi connectivity index (χ2n) is 12.3. The van der Waals surface area contributed by atoms with Gasteiger partial charge in [-0.05, 0) is 56.7 Å². The van der Waals surface area contributed by atoms with E-state index in [0.29, 0.717) is 12.4 Å². The zero-order valence-corrected chi connectivity index (χ0v) is 27.4. The van der Waals surface area contributed by atoms with Crippen molar-refractivity contribution in [2.45, 2.75) is 75.1 Å². The summed E-state index contributed by atoms with van der Waals surface area (Å²) in [5.41, 5.74) is 1.07. The number of likely N-dealkylation sites (tertiary alicyclic amines) is 1. The van der Waals surface area contributed by atoms with Crippen molar-refractivity contribution in [3.8, 4) is 11.8 Å². The van der Waals surface area contributed by atoms with Crippen molar-refractivity contribution >= 4 is 23.6 Å². The van der Waals surface area contributed by atoms with E-state index in [-0.39, 0.29) is 12.9 Å². The van der Waals surface area contributed by atoms with Crippen LogP contribution in [0.25, 0.3) is 0 Å². The van der Waals surface area contributed by atoms with Gasteiger partial charge >= 0.3 is 5.97 Å². The first kappa shape index (κ1) is 33.7. The highest BCUT2D eigenvalue weighted by Gasteiger charge is 2.56. The van der Waals surface area contributed by atoms with E-state index in [9.17, 15) is 14.7 Å². The van der Waals surface area contributed by atoms with Gasteiger partial charge in [0, 0.05) is 6.61 Å². The van der Waals surface area contributed by atoms with E-state index in [1.165, 1.54) is 16.7 Å². The summed E-state index contributed by atoms with van der Waals surface area (Å²) in [5.74, 6) is 5.21. The molecule has 3 aromatic rings. The lowest BCUT2D eigenvalue weighted by Gasteiger charge is -2.52. The average Bonchev–Trinajstić information content (AvgIpc) is 3.07. The number of β-lactam (4-membered cyclic amide) rings is 1. The first-order valence-electron chi connectivity index (χ1n) is 15.7. The van der Waals surface area contributed by atoms with Crippen molar-refractivity contribution in [3.63, 3.8) is 0 Å². The van der Waals surface area contributed by atoms with Crippen molar-refractivity contribution < 1.29 is 28.9 Å². The Kier molecular flexibility index (Phi) is 11.2. The number of nitrogens with one attached hydrogen (secondary N) is 1. The van der Waals surface area contributed by atoms with Crippen LogP contribution >= 0.6 is 11.8 Å². The van der Waals surface area contributed by atoms with E-state index in [1.807, 2.05) is 91.0 Å². The average molecular weight is 643 g/mol. The van der Waals surface area contributed by atoms with Gasteiger partial charge in [0.2, 0.25) is 12.1 Å². The molecule has 1 amide bonds. The summed E-state index contributed by atoms with van der Waals surface area (Å²) < 4.78 is 16.8. The number of hydrogen-bond acceptors (Lipinski definition) is 8. The molecule has 0 radical (unpaired) electrons. The Hall–Kier alpha value is -3.65. The van der Waals surface area contributed by atoms with Crippen LogP contribution in [0.5, 0.6) is 0 Å². The summed E-state index contributed by atoms with van der Waals surface area (Å²) in [6.07, 6.45) is 0.988. The number of ether oxygens (including phenoxy) is 3. The van der Waals surface area contributed by atoms with Gasteiger partial charge in [0.05, 0.1) is 11.3 Å². The number of rotatable bonds is 11. The van der Waals surface area contributed by atoms with Crippen molar-refractivity contribution in [2.24, 2.45) is 0 Å². The summed E-state index contributed by atoms with van der Waals surface area (Å²) >= 11 is 1.37. The van der Waals surface area contributed by atoms with Crippen LogP contribution in [0.3, 0.4) is 0 Å². The van der Waals surface area contributed by atoms with Crippen LogP contribution in [-0.4, -0.2) is 70.4 Å². The maximum Gasteiger partial charge on any atom is 0.357 e. The molecule has 2 heterocycles. The molecule has 0 spiro atoms. The lowest BCUT2D eigenvalue weighted by molar-refractivity contribution is -0.189. The predicted molar refractivity (Wildman–Crippen MR) is 178 cm³/mol. The van der Waals surface area contributed by atoms with E-state index in [2.05, 4.69) is 17.2 Å². The van der Waals surface area contributed by atoms with Gasteiger partial charge in [-0.3, -0.25) is 15.0 Å². The largest absolute Gasteiger partial charge is 0.457 e. The molecule has 0 aliphatic carbocycles. The number of esters is 1. The van der Waals surface area contributed by atoms with Crippen LogP contribution < -0.4 is 5.32 Å². The van der Waals surface area contributed by atoms with Crippen molar-refractivity contribution in [3.05, 3.63) is 108 Å². The summed E-state index contributed by atoms with van der Waals surface area (Å²) in [5, 5.41) is 14.2. The predicted octanol–water partition coefficient (Wildman–Crippen LogP) is 5.04. The molecule has 5 rings (SSSR count). The van der Waals surface area contributed by atoms with Gasteiger partial charge in [0.25, 0.3) is 0 Å². The quantitative estimate of drug-likeness (QED) is 0.130. The van der Waals surface area contributed by atoms with Gasteiger partial charge in [0.15, 0.2) is 6.29 Å². The Labute approximate surface area is 275 Å². The molecule has 2 N–H and O–H groups in total. The normalized spacial score (nSPS) is 20.7. The molecule has 9 heteroatoms. The smallest absolute Gasteiger partial charge is 0.357 e. The third-order valence-electron chi connectivity index (χ3n) is 7.88. The number of aliphatic hydroxyl groups excluding tert-OH is 1. The number of hydrogen-bond donors (Lipinski definition) is 2. The third-order valence-corrected chi connectivity index (χ3v) is 9.04. The monoisotopic (exact) mass is 642 g/mol. The highest BCUT2D eigenvalue weighted by atomic mass is 32.2. The highest BCUT2D eigenvalue weighted by Crippen LogP contribution is 2.41. The fourth-order valence-corrected chi connectivity index (χ4v) is 6.89. The Morgan fingerprint density at radius 1 is 0.957 bits per heavy atom. The molecule has 2 saturated heterocycles. The number of aliphatic hydroxyl groups is 1. The molecule has 4 unspecified atom stereocenters. The molecule has 3 aromatic carbocycles. The second-order valence-corrected chi connectivity index (χ2v) is 13.4. The Balaban J connectivity index is 1.45. The molecule has 2 aliphatic heterocycles.